The molecule has 0 aliphatic carbocycles. The van der Waals surface area contributed by atoms with Crippen LogP contribution in [-0.4, -0.2) is 27.7 Å². The predicted molar refractivity (Wildman–Crippen MR) is 123 cm³/mol. The highest BCUT2D eigenvalue weighted by Crippen LogP contribution is 2.24. The third-order valence-corrected chi connectivity index (χ3v) is 6.04. The fraction of sp³-hybridized carbons (Fsp3) is 0.0870. The first-order valence-corrected chi connectivity index (χ1v) is 10.7. The summed E-state index contributed by atoms with van der Waals surface area (Å²) in [6.07, 6.45) is 3.00. The largest absolute Gasteiger partial charge is 0.497 e. The van der Waals surface area contributed by atoms with Crippen molar-refractivity contribution in [3.05, 3.63) is 95.9 Å². The van der Waals surface area contributed by atoms with E-state index in [1.54, 1.807) is 56.5 Å². The Morgan fingerprint density at radius 1 is 1.19 bits per heavy atom. The molecule has 9 heteroatoms. The first-order valence-electron chi connectivity index (χ1n) is 9.48. The second-order valence-electron chi connectivity index (χ2n) is 6.84. The van der Waals surface area contributed by atoms with Gasteiger partial charge in [0.25, 0.3) is 5.56 Å². The number of hydrogen-bond donors (Lipinski definition) is 1. The van der Waals surface area contributed by atoms with Crippen LogP contribution in [0.2, 0.25) is 5.15 Å². The van der Waals surface area contributed by atoms with E-state index in [-0.39, 0.29) is 17.2 Å². The summed E-state index contributed by atoms with van der Waals surface area (Å²) in [7, 11) is 1.55. The second-order valence-corrected chi connectivity index (χ2v) is 8.29. The molecule has 1 N–H and O–H groups in total. The number of ether oxygens (including phenoxy) is 1. The molecule has 0 saturated carbocycles. The van der Waals surface area contributed by atoms with Gasteiger partial charge in [0.15, 0.2) is 5.78 Å². The molecule has 32 heavy (non-hydrogen) atoms. The minimum absolute atomic E-state index is 0.241. The highest BCUT2D eigenvalue weighted by atomic mass is 35.5. The predicted octanol–water partition coefficient (Wildman–Crippen LogP) is 3.22. The third-order valence-electron chi connectivity index (χ3n) is 4.71. The average Bonchev–Trinajstić information content (AvgIpc) is 3.27. The Kier molecular flexibility index (Phi) is 6.07. The monoisotopic (exact) mass is 469 g/mol. The standard InChI is InChI=1S/C23H17ClFN3O3S/c1-13-18(22(24)28(27-13)16-7-5-15(25)6-8-16)11-20-23(30)26-21(32-20)12-19(29)14-3-9-17(31-2)10-4-14/h3-12H,1-2H3,(H,26,30)/b20-11-,21-12+. The maximum atomic E-state index is 13.2. The number of halogens is 2. The average molecular weight is 470 g/mol. The number of hydrogen-bond acceptors (Lipinski definition) is 5. The van der Waals surface area contributed by atoms with Crippen molar-refractivity contribution in [1.29, 1.82) is 0 Å². The quantitative estimate of drug-likeness (QED) is 0.455. The van der Waals surface area contributed by atoms with Gasteiger partial charge in [-0.25, -0.2) is 9.07 Å². The van der Waals surface area contributed by atoms with Crippen molar-refractivity contribution < 1.29 is 13.9 Å². The van der Waals surface area contributed by atoms with Gasteiger partial charge in [-0.3, -0.25) is 9.59 Å². The lowest BCUT2D eigenvalue weighted by molar-refractivity contribution is 0.106. The number of methoxy groups -OCH3 is 1. The van der Waals surface area contributed by atoms with Crippen molar-refractivity contribution in [2.45, 2.75) is 6.92 Å². The zero-order chi connectivity index (χ0) is 22.8. The number of aryl methyl sites for hydroxylation is 1. The molecule has 0 amide bonds. The fourth-order valence-corrected chi connectivity index (χ4v) is 4.24. The summed E-state index contributed by atoms with van der Waals surface area (Å²) in [5.74, 6) is 0.0464. The van der Waals surface area contributed by atoms with Crippen LogP contribution in [0.3, 0.4) is 0 Å². The lowest BCUT2D eigenvalue weighted by atomic mass is 10.1. The maximum absolute atomic E-state index is 13.2. The van der Waals surface area contributed by atoms with E-state index in [0.29, 0.717) is 42.6 Å². The van der Waals surface area contributed by atoms with E-state index in [1.807, 2.05) is 0 Å². The van der Waals surface area contributed by atoms with Gasteiger partial charge in [0.2, 0.25) is 0 Å². The molecule has 2 heterocycles. The van der Waals surface area contributed by atoms with E-state index < -0.39 is 0 Å². The minimum atomic E-state index is -0.362. The highest BCUT2D eigenvalue weighted by molar-refractivity contribution is 7.07. The van der Waals surface area contributed by atoms with Crippen LogP contribution < -0.4 is 19.5 Å². The Morgan fingerprint density at radius 3 is 2.53 bits per heavy atom. The van der Waals surface area contributed by atoms with Crippen molar-refractivity contribution in [1.82, 2.24) is 14.8 Å². The molecular weight excluding hydrogens is 453 g/mol. The van der Waals surface area contributed by atoms with Crippen LogP contribution in [0.1, 0.15) is 21.6 Å². The molecule has 2 aromatic heterocycles. The van der Waals surface area contributed by atoms with Gasteiger partial charge in [0.05, 0.1) is 27.7 Å². The molecular formula is C23H17ClFN3O3S. The number of benzene rings is 2. The molecule has 2 aromatic carbocycles. The van der Waals surface area contributed by atoms with Crippen molar-refractivity contribution in [3.8, 4) is 11.4 Å². The summed E-state index contributed by atoms with van der Waals surface area (Å²) in [6.45, 7) is 1.76. The molecule has 0 bridgehead atoms. The molecule has 6 nitrogen and oxygen atoms in total. The molecule has 0 fully saturated rings. The van der Waals surface area contributed by atoms with Crippen LogP contribution in [0.25, 0.3) is 17.8 Å². The Morgan fingerprint density at radius 2 is 1.88 bits per heavy atom. The Labute approximate surface area is 190 Å². The van der Waals surface area contributed by atoms with Gasteiger partial charge in [-0.1, -0.05) is 11.6 Å². The van der Waals surface area contributed by atoms with Crippen molar-refractivity contribution in [2.75, 3.05) is 7.11 Å². The van der Waals surface area contributed by atoms with Gasteiger partial charge in [0, 0.05) is 17.2 Å². The van der Waals surface area contributed by atoms with E-state index in [4.69, 9.17) is 16.3 Å². The van der Waals surface area contributed by atoms with Gasteiger partial charge in [-0.05, 0) is 61.5 Å². The number of aromatic nitrogens is 3. The van der Waals surface area contributed by atoms with Crippen LogP contribution in [0.15, 0.2) is 53.3 Å². The van der Waals surface area contributed by atoms with Crippen molar-refractivity contribution >= 4 is 40.9 Å². The zero-order valence-corrected chi connectivity index (χ0v) is 18.6. The molecule has 0 aliphatic heterocycles. The van der Waals surface area contributed by atoms with Crippen molar-refractivity contribution in [2.24, 2.45) is 0 Å². The number of nitrogens with zero attached hydrogens (tertiary/aromatic N) is 2. The molecule has 4 rings (SSSR count). The topological polar surface area (TPSA) is 77.0 Å². The molecule has 0 unspecified atom stereocenters. The lowest BCUT2D eigenvalue weighted by Crippen LogP contribution is -2.20. The maximum Gasteiger partial charge on any atom is 0.266 e. The number of aromatic amines is 1. The smallest absolute Gasteiger partial charge is 0.266 e. The molecule has 162 valence electrons. The van der Waals surface area contributed by atoms with Gasteiger partial charge in [-0.2, -0.15) is 5.10 Å². The van der Waals surface area contributed by atoms with Gasteiger partial charge < -0.3 is 9.72 Å². The van der Waals surface area contributed by atoms with E-state index in [2.05, 4.69) is 10.1 Å². The number of carbonyl (C=O) groups excluding carboxylic acids is 1. The summed E-state index contributed by atoms with van der Waals surface area (Å²) in [6, 6.07) is 12.5. The van der Waals surface area contributed by atoms with E-state index in [1.165, 1.54) is 22.9 Å². The summed E-state index contributed by atoms with van der Waals surface area (Å²) in [5, 5.41) is 4.69. The van der Waals surface area contributed by atoms with E-state index in [0.717, 1.165) is 11.3 Å². The first kappa shape index (κ1) is 21.7. The summed E-state index contributed by atoms with van der Waals surface area (Å²) < 4.78 is 20.6. The number of carbonyl (C=O) groups is 1. The number of Topliss-reactive ketones (excluding diaryl/α,β-unsaturated/α-hetero) is 1. The number of nitrogens with one attached hydrogen (secondary N) is 1. The summed E-state index contributed by atoms with van der Waals surface area (Å²) >= 11 is 7.64. The van der Waals surface area contributed by atoms with E-state index >= 15 is 0 Å². The first-order chi connectivity index (χ1) is 15.4. The van der Waals surface area contributed by atoms with Crippen LogP contribution in [0.4, 0.5) is 4.39 Å². The molecule has 0 aliphatic rings. The molecule has 0 atom stereocenters. The number of rotatable bonds is 5. The molecule has 4 aromatic rings. The zero-order valence-electron chi connectivity index (χ0n) is 17.1. The lowest BCUT2D eigenvalue weighted by Gasteiger charge is -2.02. The molecule has 0 radical (unpaired) electrons. The van der Waals surface area contributed by atoms with Crippen LogP contribution in [-0.2, 0) is 0 Å². The van der Waals surface area contributed by atoms with Crippen LogP contribution in [0, 0.1) is 12.7 Å². The highest BCUT2D eigenvalue weighted by Gasteiger charge is 2.13. The van der Waals surface area contributed by atoms with Gasteiger partial charge >= 0.3 is 0 Å². The SMILES string of the molecule is COc1ccc(C(=O)/C=c2\[nH]c(=O)/c(=C/c3c(C)nn(-c4ccc(F)cc4)c3Cl)s2)cc1. The van der Waals surface area contributed by atoms with Crippen LogP contribution in [0.5, 0.6) is 5.75 Å². The van der Waals surface area contributed by atoms with Crippen molar-refractivity contribution in [3.63, 3.8) is 0 Å². The van der Waals surface area contributed by atoms with Gasteiger partial charge in [0.1, 0.15) is 16.7 Å². The Bertz CT molecular complexity index is 1470. The van der Waals surface area contributed by atoms with E-state index in [9.17, 15) is 14.0 Å². The molecule has 0 saturated heterocycles. The molecule has 0 spiro atoms. The third kappa shape index (κ3) is 4.42. The fourth-order valence-electron chi connectivity index (χ4n) is 3.04. The normalized spacial score (nSPS) is 12.4. The minimum Gasteiger partial charge on any atom is -0.497 e. The number of H-pyrrole nitrogens is 1. The Hall–Kier alpha value is -3.49. The van der Waals surface area contributed by atoms with Crippen LogP contribution >= 0.6 is 22.9 Å². The second kappa shape index (κ2) is 8.94. The number of thiazole rings is 1. The summed E-state index contributed by atoms with van der Waals surface area (Å²) in [5.41, 5.74) is 1.90. The number of ketones is 1. The van der Waals surface area contributed by atoms with Gasteiger partial charge in [-0.15, -0.1) is 11.3 Å². The summed E-state index contributed by atoms with van der Waals surface area (Å²) in [4.78, 5) is 27.6. The Balaban J connectivity index is 1.70.